The van der Waals surface area contributed by atoms with Gasteiger partial charge in [0, 0.05) is 6.61 Å². The number of benzene rings is 3. The van der Waals surface area contributed by atoms with Crippen molar-refractivity contribution in [3.63, 3.8) is 0 Å². The number of unbranched alkanes of at least 4 members (excludes halogenated alkanes) is 1. The molecule has 1 aliphatic heterocycles. The van der Waals surface area contributed by atoms with E-state index in [1.807, 2.05) is 6.07 Å². The van der Waals surface area contributed by atoms with Crippen molar-refractivity contribution in [2.45, 2.75) is 76.4 Å². The molecule has 208 valence electrons. The van der Waals surface area contributed by atoms with E-state index < -0.39 is 34.9 Å². The van der Waals surface area contributed by atoms with Crippen molar-refractivity contribution >= 4 is 0 Å². The molecule has 0 radical (unpaired) electrons. The van der Waals surface area contributed by atoms with Crippen LogP contribution in [0.2, 0.25) is 0 Å². The smallest absolute Gasteiger partial charge is 0.134 e. The minimum Gasteiger partial charge on any atom is -0.378 e. The maximum absolute atomic E-state index is 15.0. The molecular weight excluding hydrogens is 511 g/mol. The van der Waals surface area contributed by atoms with Gasteiger partial charge < -0.3 is 9.47 Å². The second-order valence-electron chi connectivity index (χ2n) is 10.7. The summed E-state index contributed by atoms with van der Waals surface area (Å²) in [7, 11) is 0. The molecule has 1 aliphatic carbocycles. The first kappa shape index (κ1) is 27.8. The third-order valence-corrected chi connectivity index (χ3v) is 7.88. The van der Waals surface area contributed by atoms with E-state index in [1.54, 1.807) is 12.1 Å². The van der Waals surface area contributed by atoms with Gasteiger partial charge >= 0.3 is 0 Å². The fourth-order valence-corrected chi connectivity index (χ4v) is 5.55. The summed E-state index contributed by atoms with van der Waals surface area (Å²) in [5.74, 6) is -3.67. The lowest BCUT2D eigenvalue weighted by Crippen LogP contribution is -2.21. The molecule has 2 aliphatic rings. The highest BCUT2D eigenvalue weighted by Crippen LogP contribution is 2.38. The third kappa shape index (κ3) is 6.52. The molecule has 3 aromatic carbocycles. The molecule has 2 nitrogen and oxygen atoms in total. The van der Waals surface area contributed by atoms with Gasteiger partial charge in [-0.25, -0.2) is 22.0 Å². The third-order valence-electron chi connectivity index (χ3n) is 7.88. The molecule has 1 saturated carbocycles. The lowest BCUT2D eigenvalue weighted by molar-refractivity contribution is 0.0232. The number of rotatable bonds is 10. The summed E-state index contributed by atoms with van der Waals surface area (Å²) in [6.07, 6.45) is 6.18. The van der Waals surface area contributed by atoms with Crippen molar-refractivity contribution in [2.24, 2.45) is 0 Å². The van der Waals surface area contributed by atoms with Crippen LogP contribution in [0, 0.1) is 29.1 Å². The Morgan fingerprint density at radius 2 is 1.46 bits per heavy atom. The van der Waals surface area contributed by atoms with Crippen molar-refractivity contribution in [3.05, 3.63) is 93.8 Å². The summed E-state index contributed by atoms with van der Waals surface area (Å²) in [4.78, 5) is 0. The number of halogens is 5. The predicted molar refractivity (Wildman–Crippen MR) is 140 cm³/mol. The Balaban J connectivity index is 1.22. The van der Waals surface area contributed by atoms with Gasteiger partial charge in [-0.15, -0.1) is 0 Å². The van der Waals surface area contributed by atoms with Gasteiger partial charge in [-0.1, -0.05) is 25.5 Å². The quantitative estimate of drug-likeness (QED) is 0.145. The summed E-state index contributed by atoms with van der Waals surface area (Å²) < 4.78 is 84.4. The van der Waals surface area contributed by atoms with Gasteiger partial charge in [0.25, 0.3) is 0 Å². The van der Waals surface area contributed by atoms with Crippen LogP contribution >= 0.6 is 0 Å². The number of ether oxygens (including phenoxy) is 2. The Kier molecular flexibility index (Phi) is 8.67. The van der Waals surface area contributed by atoms with E-state index in [1.165, 1.54) is 0 Å². The van der Waals surface area contributed by atoms with Gasteiger partial charge in [-0.2, -0.15) is 0 Å². The summed E-state index contributed by atoms with van der Waals surface area (Å²) in [5, 5.41) is 0. The first-order chi connectivity index (χ1) is 18.8. The van der Waals surface area contributed by atoms with Crippen molar-refractivity contribution < 1.29 is 31.4 Å². The van der Waals surface area contributed by atoms with Crippen LogP contribution in [0.4, 0.5) is 22.0 Å². The second-order valence-corrected chi connectivity index (χ2v) is 10.7. The molecule has 0 aromatic heterocycles. The SMILES string of the molecule is CCCCOC1CCC(c2ccc(CCc3cc(F)c(-c4cc(F)c(C5CO5)c(F)c4)c(F)c3)c(F)c2)CC1. The lowest BCUT2D eigenvalue weighted by atomic mass is 9.82. The second kappa shape index (κ2) is 12.2. The molecule has 39 heavy (non-hydrogen) atoms. The van der Waals surface area contributed by atoms with E-state index in [2.05, 4.69) is 6.92 Å². The van der Waals surface area contributed by atoms with Crippen LogP contribution in [0.25, 0.3) is 11.1 Å². The molecule has 0 amide bonds. The molecule has 0 N–H and O–H groups in total. The maximum Gasteiger partial charge on any atom is 0.134 e. The number of hydrogen-bond acceptors (Lipinski definition) is 2. The zero-order valence-electron chi connectivity index (χ0n) is 22.1. The standard InChI is InChI=1S/C32H33F5O2/c1-2-3-12-38-24-10-8-20(9-11-24)22-7-6-21(25(33)15-22)5-4-19-13-26(34)31(27(35)14-19)23-16-28(36)32(29(37)17-23)30-18-39-30/h6-7,13-17,20,24,30H,2-5,8-12,18H2,1H3. The maximum atomic E-state index is 15.0. The first-order valence-corrected chi connectivity index (χ1v) is 13.8. The van der Waals surface area contributed by atoms with E-state index in [0.29, 0.717) is 23.1 Å². The topological polar surface area (TPSA) is 21.8 Å². The van der Waals surface area contributed by atoms with Crippen LogP contribution in [-0.2, 0) is 22.3 Å². The average molecular weight is 545 g/mol. The Morgan fingerprint density at radius 3 is 2.05 bits per heavy atom. The minimum atomic E-state index is -0.927. The van der Waals surface area contributed by atoms with E-state index >= 15 is 0 Å². The Labute approximate surface area is 226 Å². The zero-order valence-corrected chi connectivity index (χ0v) is 22.1. The van der Waals surface area contributed by atoms with Gasteiger partial charge in [-0.05, 0) is 103 Å². The van der Waals surface area contributed by atoms with Crippen LogP contribution in [0.5, 0.6) is 0 Å². The number of hydrogen-bond donors (Lipinski definition) is 0. The summed E-state index contributed by atoms with van der Waals surface area (Å²) in [6.45, 7) is 3.15. The number of aryl methyl sites for hydroxylation is 2. The molecule has 1 unspecified atom stereocenters. The van der Waals surface area contributed by atoms with Gasteiger partial charge in [0.2, 0.25) is 0 Å². The molecule has 1 heterocycles. The van der Waals surface area contributed by atoms with Crippen LogP contribution < -0.4 is 0 Å². The van der Waals surface area contributed by atoms with Crippen LogP contribution in [0.3, 0.4) is 0 Å². The first-order valence-electron chi connectivity index (χ1n) is 13.8. The average Bonchev–Trinajstić information content (AvgIpc) is 3.73. The van der Waals surface area contributed by atoms with Gasteiger partial charge in [0.15, 0.2) is 0 Å². The Hall–Kier alpha value is -2.77. The van der Waals surface area contributed by atoms with Crippen molar-refractivity contribution in [3.8, 4) is 11.1 Å². The van der Waals surface area contributed by atoms with Crippen LogP contribution in [0.1, 0.15) is 79.7 Å². The minimum absolute atomic E-state index is 0.212. The highest BCUT2D eigenvalue weighted by Gasteiger charge is 2.32. The van der Waals surface area contributed by atoms with E-state index in [4.69, 9.17) is 9.47 Å². The van der Waals surface area contributed by atoms with E-state index in [-0.39, 0.29) is 36.4 Å². The predicted octanol–water partition coefficient (Wildman–Crippen LogP) is 8.75. The molecule has 7 heteroatoms. The largest absolute Gasteiger partial charge is 0.378 e. The lowest BCUT2D eigenvalue weighted by Gasteiger charge is -2.29. The molecular formula is C32H33F5O2. The van der Waals surface area contributed by atoms with Crippen molar-refractivity contribution in [1.29, 1.82) is 0 Å². The van der Waals surface area contributed by atoms with Gasteiger partial charge in [0.1, 0.15) is 35.2 Å². The molecule has 1 saturated heterocycles. The van der Waals surface area contributed by atoms with Crippen molar-refractivity contribution in [2.75, 3.05) is 13.2 Å². The van der Waals surface area contributed by atoms with Crippen molar-refractivity contribution in [1.82, 2.24) is 0 Å². The van der Waals surface area contributed by atoms with E-state index in [9.17, 15) is 22.0 Å². The molecule has 0 bridgehead atoms. The molecule has 2 fully saturated rings. The summed E-state index contributed by atoms with van der Waals surface area (Å²) >= 11 is 0. The Bertz CT molecular complexity index is 1270. The molecule has 5 rings (SSSR count). The highest BCUT2D eigenvalue weighted by molar-refractivity contribution is 5.66. The van der Waals surface area contributed by atoms with Gasteiger partial charge in [-0.3, -0.25) is 0 Å². The molecule has 1 atom stereocenters. The fraction of sp³-hybridized carbons (Fsp3) is 0.438. The van der Waals surface area contributed by atoms with Gasteiger partial charge in [0.05, 0.1) is 23.8 Å². The molecule has 3 aromatic rings. The van der Waals surface area contributed by atoms with Crippen LogP contribution in [-0.4, -0.2) is 19.3 Å². The fourth-order valence-electron chi connectivity index (χ4n) is 5.55. The highest BCUT2D eigenvalue weighted by atomic mass is 19.1. The zero-order chi connectivity index (χ0) is 27.5. The Morgan fingerprint density at radius 1 is 0.795 bits per heavy atom. The normalized spacial score (nSPS) is 20.8. The van der Waals surface area contributed by atoms with E-state index in [0.717, 1.165) is 75.0 Å². The summed E-state index contributed by atoms with van der Waals surface area (Å²) in [5.41, 5.74) is 0.835. The number of epoxide rings is 1. The monoisotopic (exact) mass is 544 g/mol. The van der Waals surface area contributed by atoms with Crippen LogP contribution in [0.15, 0.2) is 42.5 Å². The molecule has 0 spiro atoms. The summed E-state index contributed by atoms with van der Waals surface area (Å²) in [6, 6.07) is 9.41.